The van der Waals surface area contributed by atoms with Crippen molar-refractivity contribution in [3.05, 3.63) is 47.6 Å². The topological polar surface area (TPSA) is 59.2 Å². The van der Waals surface area contributed by atoms with Gasteiger partial charge in [0.15, 0.2) is 0 Å². The minimum Gasteiger partial charge on any atom is -0.361 e. The lowest BCUT2D eigenvalue weighted by Crippen LogP contribution is -2.35. The first-order valence-electron chi connectivity index (χ1n) is 8.46. The number of likely N-dealkylation sites (tertiary alicyclic amines) is 1. The Morgan fingerprint density at radius 2 is 2.30 bits per heavy atom. The molecule has 2 aromatic rings. The zero-order valence-corrected chi connectivity index (χ0v) is 13.6. The summed E-state index contributed by atoms with van der Waals surface area (Å²) < 4.78 is 5.43. The van der Waals surface area contributed by atoms with Crippen molar-refractivity contribution in [1.82, 2.24) is 15.0 Å². The van der Waals surface area contributed by atoms with Crippen LogP contribution in [-0.4, -0.2) is 27.5 Å². The zero-order valence-electron chi connectivity index (χ0n) is 13.6. The van der Waals surface area contributed by atoms with Crippen molar-refractivity contribution in [3.8, 4) is 0 Å². The van der Waals surface area contributed by atoms with Gasteiger partial charge in [-0.1, -0.05) is 24.9 Å². The monoisotopic (exact) mass is 313 g/mol. The van der Waals surface area contributed by atoms with Gasteiger partial charge in [-0.15, -0.1) is 0 Å². The number of aromatic nitrogens is 2. The molecule has 0 aliphatic carbocycles. The maximum atomic E-state index is 12.9. The SMILES string of the molecule is CCCc1cc([C@H]2CCCCCN2C(=O)c2cccnc2)no1. The molecule has 3 rings (SSSR count). The predicted molar refractivity (Wildman–Crippen MR) is 87.0 cm³/mol. The van der Waals surface area contributed by atoms with E-state index < -0.39 is 0 Å². The number of amides is 1. The molecule has 5 heteroatoms. The Bertz CT molecular complexity index is 639. The molecule has 23 heavy (non-hydrogen) atoms. The molecule has 1 atom stereocenters. The highest BCUT2D eigenvalue weighted by Crippen LogP contribution is 2.31. The van der Waals surface area contributed by atoms with Gasteiger partial charge in [0.2, 0.25) is 0 Å². The average Bonchev–Trinajstić information content (AvgIpc) is 2.91. The highest BCUT2D eigenvalue weighted by atomic mass is 16.5. The summed E-state index contributed by atoms with van der Waals surface area (Å²) in [6.07, 6.45) is 9.45. The van der Waals surface area contributed by atoms with Gasteiger partial charge in [-0.2, -0.15) is 0 Å². The third kappa shape index (κ3) is 3.60. The number of rotatable bonds is 4. The summed E-state index contributed by atoms with van der Waals surface area (Å²) in [6, 6.07) is 5.64. The van der Waals surface area contributed by atoms with Crippen molar-refractivity contribution in [2.75, 3.05) is 6.54 Å². The van der Waals surface area contributed by atoms with Gasteiger partial charge in [-0.05, 0) is 31.4 Å². The van der Waals surface area contributed by atoms with Crippen molar-refractivity contribution in [2.24, 2.45) is 0 Å². The molecule has 0 spiro atoms. The van der Waals surface area contributed by atoms with E-state index in [4.69, 9.17) is 4.52 Å². The molecule has 2 aromatic heterocycles. The number of carbonyl (C=O) groups is 1. The van der Waals surface area contributed by atoms with E-state index in [1.165, 1.54) is 0 Å². The summed E-state index contributed by atoms with van der Waals surface area (Å²) in [7, 11) is 0. The molecule has 0 aromatic carbocycles. The summed E-state index contributed by atoms with van der Waals surface area (Å²) >= 11 is 0. The number of nitrogens with zero attached hydrogens (tertiary/aromatic N) is 3. The number of pyridine rings is 1. The largest absolute Gasteiger partial charge is 0.361 e. The molecule has 122 valence electrons. The molecule has 0 saturated carbocycles. The van der Waals surface area contributed by atoms with Crippen LogP contribution in [0.1, 0.15) is 66.9 Å². The minimum absolute atomic E-state index is 0.000405. The van der Waals surface area contributed by atoms with E-state index in [1.54, 1.807) is 18.5 Å². The van der Waals surface area contributed by atoms with E-state index in [1.807, 2.05) is 17.0 Å². The first-order valence-corrected chi connectivity index (χ1v) is 8.46. The lowest BCUT2D eigenvalue weighted by molar-refractivity contribution is 0.0673. The second kappa shape index (κ2) is 7.40. The summed E-state index contributed by atoms with van der Waals surface area (Å²) in [5.41, 5.74) is 1.52. The van der Waals surface area contributed by atoms with Crippen molar-refractivity contribution in [1.29, 1.82) is 0 Å². The van der Waals surface area contributed by atoms with Gasteiger partial charge in [-0.3, -0.25) is 9.78 Å². The van der Waals surface area contributed by atoms with Crippen LogP contribution in [-0.2, 0) is 6.42 Å². The van der Waals surface area contributed by atoms with Gasteiger partial charge in [0, 0.05) is 31.4 Å². The third-order valence-electron chi connectivity index (χ3n) is 4.34. The Kier molecular flexibility index (Phi) is 5.05. The molecule has 0 N–H and O–H groups in total. The molecule has 1 saturated heterocycles. The molecule has 0 radical (unpaired) electrons. The van der Waals surface area contributed by atoms with E-state index in [0.717, 1.165) is 56.5 Å². The molecular weight excluding hydrogens is 290 g/mol. The van der Waals surface area contributed by atoms with Crippen molar-refractivity contribution in [2.45, 2.75) is 51.5 Å². The van der Waals surface area contributed by atoms with Gasteiger partial charge in [0.25, 0.3) is 5.91 Å². The second-order valence-electron chi connectivity index (χ2n) is 6.07. The normalized spacial score (nSPS) is 18.7. The van der Waals surface area contributed by atoms with Gasteiger partial charge in [0.1, 0.15) is 11.5 Å². The molecule has 1 aliphatic heterocycles. The predicted octanol–water partition coefficient (Wildman–Crippen LogP) is 3.78. The van der Waals surface area contributed by atoms with Crippen LogP contribution < -0.4 is 0 Å². The first kappa shape index (κ1) is 15.7. The fourth-order valence-electron chi connectivity index (χ4n) is 3.16. The minimum atomic E-state index is -0.000405. The van der Waals surface area contributed by atoms with Crippen molar-refractivity contribution in [3.63, 3.8) is 0 Å². The standard InChI is InChI=1S/C18H23N3O2/c1-2-7-15-12-16(20-23-15)17-9-4-3-5-11-21(17)18(22)14-8-6-10-19-13-14/h6,8,10,12-13,17H,2-5,7,9,11H2,1H3/t17-/m1/s1. The number of aryl methyl sites for hydroxylation is 1. The summed E-state index contributed by atoms with van der Waals surface area (Å²) in [5, 5.41) is 4.24. The zero-order chi connectivity index (χ0) is 16.1. The van der Waals surface area contributed by atoms with Crippen molar-refractivity contribution >= 4 is 5.91 Å². The second-order valence-corrected chi connectivity index (χ2v) is 6.07. The maximum Gasteiger partial charge on any atom is 0.255 e. The van der Waals surface area contributed by atoms with Crippen LogP contribution in [0.15, 0.2) is 35.1 Å². The summed E-state index contributed by atoms with van der Waals surface area (Å²) in [4.78, 5) is 18.9. The van der Waals surface area contributed by atoms with Crippen LogP contribution in [0, 0.1) is 0 Å². The Hall–Kier alpha value is -2.17. The van der Waals surface area contributed by atoms with Crippen LogP contribution in [0.3, 0.4) is 0 Å². The Morgan fingerprint density at radius 1 is 1.39 bits per heavy atom. The van der Waals surface area contributed by atoms with Gasteiger partial charge in [0.05, 0.1) is 11.6 Å². The van der Waals surface area contributed by atoms with Crippen LogP contribution in [0.25, 0.3) is 0 Å². The Balaban J connectivity index is 1.86. The van der Waals surface area contributed by atoms with E-state index in [2.05, 4.69) is 17.1 Å². The van der Waals surface area contributed by atoms with E-state index in [-0.39, 0.29) is 11.9 Å². The van der Waals surface area contributed by atoms with Crippen LogP contribution in [0.2, 0.25) is 0 Å². The van der Waals surface area contributed by atoms with Crippen LogP contribution >= 0.6 is 0 Å². The van der Waals surface area contributed by atoms with E-state index in [9.17, 15) is 4.79 Å². The highest BCUT2D eigenvalue weighted by molar-refractivity contribution is 5.94. The quantitative estimate of drug-likeness (QED) is 0.862. The molecule has 5 nitrogen and oxygen atoms in total. The number of hydrogen-bond donors (Lipinski definition) is 0. The Morgan fingerprint density at radius 3 is 3.09 bits per heavy atom. The molecule has 0 bridgehead atoms. The number of carbonyl (C=O) groups excluding carboxylic acids is 1. The molecular formula is C18H23N3O2. The van der Waals surface area contributed by atoms with E-state index >= 15 is 0 Å². The fourth-order valence-corrected chi connectivity index (χ4v) is 3.16. The molecule has 1 amide bonds. The van der Waals surface area contributed by atoms with Crippen LogP contribution in [0.5, 0.6) is 0 Å². The third-order valence-corrected chi connectivity index (χ3v) is 4.34. The maximum absolute atomic E-state index is 12.9. The first-order chi connectivity index (χ1) is 11.3. The number of hydrogen-bond acceptors (Lipinski definition) is 4. The smallest absolute Gasteiger partial charge is 0.255 e. The highest BCUT2D eigenvalue weighted by Gasteiger charge is 2.29. The van der Waals surface area contributed by atoms with Crippen molar-refractivity contribution < 1.29 is 9.32 Å². The summed E-state index contributed by atoms with van der Waals surface area (Å²) in [6.45, 7) is 2.88. The molecule has 1 fully saturated rings. The fraction of sp³-hybridized carbons (Fsp3) is 0.500. The van der Waals surface area contributed by atoms with Gasteiger partial charge < -0.3 is 9.42 Å². The molecule has 0 unspecified atom stereocenters. The summed E-state index contributed by atoms with van der Waals surface area (Å²) in [5.74, 6) is 0.936. The molecule has 3 heterocycles. The van der Waals surface area contributed by atoms with Crippen LogP contribution in [0.4, 0.5) is 0 Å². The van der Waals surface area contributed by atoms with E-state index in [0.29, 0.717) is 5.56 Å². The lowest BCUT2D eigenvalue weighted by atomic mass is 10.0. The Labute approximate surface area is 136 Å². The molecule has 1 aliphatic rings. The van der Waals surface area contributed by atoms with Gasteiger partial charge in [-0.25, -0.2) is 0 Å². The van der Waals surface area contributed by atoms with Gasteiger partial charge >= 0.3 is 0 Å². The average molecular weight is 313 g/mol. The lowest BCUT2D eigenvalue weighted by Gasteiger charge is -2.28.